The van der Waals surface area contributed by atoms with Crippen molar-refractivity contribution in [3.63, 3.8) is 0 Å². The number of fused-ring (bicyclic) bond motifs is 1. The number of hydrogen-bond donors (Lipinski definition) is 1. The summed E-state index contributed by atoms with van der Waals surface area (Å²) in [6.45, 7) is 0.432. The molecule has 0 spiro atoms. The lowest BCUT2D eigenvalue weighted by Crippen LogP contribution is -2.39. The van der Waals surface area contributed by atoms with Gasteiger partial charge in [0.05, 0.1) is 7.11 Å². The minimum atomic E-state index is -3.76. The molecule has 0 aliphatic carbocycles. The molecule has 0 fully saturated rings. The molecule has 2 aromatic carbocycles. The van der Waals surface area contributed by atoms with Crippen LogP contribution in [0.4, 0.5) is 5.69 Å². The van der Waals surface area contributed by atoms with Crippen LogP contribution in [0.2, 0.25) is 0 Å². The summed E-state index contributed by atoms with van der Waals surface area (Å²) in [6, 6.07) is 12.2. The van der Waals surface area contributed by atoms with Gasteiger partial charge < -0.3 is 14.4 Å². The van der Waals surface area contributed by atoms with Gasteiger partial charge in [-0.05, 0) is 44.8 Å². The maximum Gasteiger partial charge on any atom is 0.265 e. The first-order chi connectivity index (χ1) is 11.9. The summed E-state index contributed by atoms with van der Waals surface area (Å²) in [7, 11) is 1.76. The molecule has 2 aromatic rings. The van der Waals surface area contributed by atoms with Crippen LogP contribution in [0.3, 0.4) is 0 Å². The van der Waals surface area contributed by atoms with Crippen molar-refractivity contribution in [2.75, 3.05) is 32.5 Å². The minimum absolute atomic E-state index is 0.129. The number of anilines is 1. The second kappa shape index (κ2) is 6.93. The Balaban J connectivity index is 2.02. The number of likely N-dealkylation sites (N-methyl/N-ethyl adjacent to an activating group) is 1. The monoisotopic (exact) mass is 362 g/mol. The first-order valence-corrected chi connectivity index (χ1v) is 9.47. The molecule has 0 saturated carbocycles. The van der Waals surface area contributed by atoms with Crippen LogP contribution in [0.25, 0.3) is 0 Å². The van der Waals surface area contributed by atoms with E-state index in [9.17, 15) is 8.42 Å². The molecule has 0 radical (unpaired) electrons. The van der Waals surface area contributed by atoms with Crippen LogP contribution in [0, 0.1) is 0 Å². The van der Waals surface area contributed by atoms with Gasteiger partial charge in [-0.3, -0.25) is 4.72 Å². The highest BCUT2D eigenvalue weighted by molar-refractivity contribution is 7.92. The Morgan fingerprint density at radius 3 is 2.52 bits per heavy atom. The zero-order valence-electron chi connectivity index (χ0n) is 14.5. The van der Waals surface area contributed by atoms with Gasteiger partial charge in [0.15, 0.2) is 0 Å². The number of methoxy groups -OCH3 is 1. The Morgan fingerprint density at radius 2 is 1.88 bits per heavy atom. The lowest BCUT2D eigenvalue weighted by molar-refractivity contribution is 0.159. The van der Waals surface area contributed by atoms with E-state index in [2.05, 4.69) is 9.62 Å². The predicted molar refractivity (Wildman–Crippen MR) is 96.9 cm³/mol. The van der Waals surface area contributed by atoms with Gasteiger partial charge >= 0.3 is 0 Å². The second-order valence-electron chi connectivity index (χ2n) is 6.18. The molecular weight excluding hydrogens is 340 g/mol. The van der Waals surface area contributed by atoms with E-state index in [1.165, 1.54) is 6.07 Å². The van der Waals surface area contributed by atoms with Crippen molar-refractivity contribution in [1.29, 1.82) is 0 Å². The fraction of sp³-hybridized carbons (Fsp3) is 0.333. The van der Waals surface area contributed by atoms with Gasteiger partial charge in [0.1, 0.15) is 23.0 Å². The molecule has 134 valence electrons. The number of hydrogen-bond acceptors (Lipinski definition) is 5. The summed E-state index contributed by atoms with van der Waals surface area (Å²) in [6.07, 6.45) is 0.667. The third-order valence-electron chi connectivity index (χ3n) is 4.31. The highest BCUT2D eigenvalue weighted by atomic mass is 32.2. The summed E-state index contributed by atoms with van der Waals surface area (Å²) in [5.41, 5.74) is 1.29. The zero-order valence-corrected chi connectivity index (χ0v) is 15.3. The molecule has 0 saturated heterocycles. The summed E-state index contributed by atoms with van der Waals surface area (Å²) < 4.78 is 39.6. The van der Waals surface area contributed by atoms with E-state index in [1.807, 2.05) is 20.2 Å². The quantitative estimate of drug-likeness (QED) is 0.884. The summed E-state index contributed by atoms with van der Waals surface area (Å²) in [5.74, 6) is 1.01. The molecular formula is C18H22N2O4S. The summed E-state index contributed by atoms with van der Waals surface area (Å²) >= 11 is 0. The van der Waals surface area contributed by atoms with E-state index >= 15 is 0 Å². The van der Waals surface area contributed by atoms with Crippen LogP contribution >= 0.6 is 0 Å². The van der Waals surface area contributed by atoms with Gasteiger partial charge in [0.2, 0.25) is 0 Å². The second-order valence-corrected chi connectivity index (χ2v) is 7.83. The number of ether oxygens (including phenoxy) is 2. The van der Waals surface area contributed by atoms with Crippen LogP contribution < -0.4 is 14.2 Å². The normalized spacial score (nSPS) is 16.9. The molecule has 0 amide bonds. The van der Waals surface area contributed by atoms with Gasteiger partial charge in [-0.25, -0.2) is 8.42 Å². The Hall–Kier alpha value is -2.25. The molecule has 1 aliphatic heterocycles. The van der Waals surface area contributed by atoms with E-state index in [0.717, 1.165) is 5.56 Å². The number of benzene rings is 2. The molecule has 1 aliphatic rings. The van der Waals surface area contributed by atoms with Crippen molar-refractivity contribution in [2.45, 2.75) is 17.4 Å². The average molecular weight is 362 g/mol. The first-order valence-electron chi connectivity index (χ1n) is 7.99. The minimum Gasteiger partial charge on any atom is -0.496 e. The molecule has 7 heteroatoms. The SMILES string of the molecule is COc1ccc(S(=O)(=O)Nc2ccccc2)c2c1C[C@@H](N(C)C)CO2. The van der Waals surface area contributed by atoms with E-state index in [1.54, 1.807) is 37.4 Å². The third kappa shape index (κ3) is 3.57. The van der Waals surface area contributed by atoms with Crippen molar-refractivity contribution in [3.05, 3.63) is 48.0 Å². The van der Waals surface area contributed by atoms with Crippen LogP contribution in [-0.2, 0) is 16.4 Å². The van der Waals surface area contributed by atoms with E-state index < -0.39 is 10.0 Å². The summed E-state index contributed by atoms with van der Waals surface area (Å²) in [5, 5.41) is 0. The Labute approximate surface area is 148 Å². The largest absolute Gasteiger partial charge is 0.496 e. The fourth-order valence-electron chi connectivity index (χ4n) is 2.86. The average Bonchev–Trinajstić information content (AvgIpc) is 2.60. The predicted octanol–water partition coefficient (Wildman–Crippen LogP) is 2.36. The molecule has 25 heavy (non-hydrogen) atoms. The van der Waals surface area contributed by atoms with E-state index in [0.29, 0.717) is 30.2 Å². The van der Waals surface area contributed by atoms with Crippen LogP contribution in [0.5, 0.6) is 11.5 Å². The fourth-order valence-corrected chi connectivity index (χ4v) is 4.09. The molecule has 1 N–H and O–H groups in total. The van der Waals surface area contributed by atoms with Crippen LogP contribution in [0.1, 0.15) is 5.56 Å². The zero-order chi connectivity index (χ0) is 18.0. The van der Waals surface area contributed by atoms with Crippen molar-refractivity contribution in [3.8, 4) is 11.5 Å². The molecule has 0 unspecified atom stereocenters. The molecule has 6 nitrogen and oxygen atoms in total. The van der Waals surface area contributed by atoms with Crippen molar-refractivity contribution < 1.29 is 17.9 Å². The lowest BCUT2D eigenvalue weighted by atomic mass is 10.0. The number of para-hydroxylation sites is 1. The Kier molecular flexibility index (Phi) is 4.87. The van der Waals surface area contributed by atoms with Crippen LogP contribution in [-0.4, -0.2) is 47.2 Å². The Morgan fingerprint density at radius 1 is 1.16 bits per heavy atom. The maximum atomic E-state index is 12.8. The number of nitrogens with zero attached hydrogens (tertiary/aromatic N) is 1. The molecule has 1 atom stereocenters. The summed E-state index contributed by atoms with van der Waals surface area (Å²) in [4.78, 5) is 2.19. The van der Waals surface area contributed by atoms with Gasteiger partial charge in [-0.15, -0.1) is 0 Å². The van der Waals surface area contributed by atoms with Crippen molar-refractivity contribution in [1.82, 2.24) is 4.90 Å². The molecule has 0 aromatic heterocycles. The van der Waals surface area contributed by atoms with Crippen LogP contribution in [0.15, 0.2) is 47.4 Å². The standard InChI is InChI=1S/C18H22N2O4S/c1-20(2)14-11-15-16(23-3)9-10-17(18(15)24-12-14)25(21,22)19-13-7-5-4-6-8-13/h4-10,14,19H,11-12H2,1-3H3/t14-/m1/s1. The number of rotatable bonds is 5. The first kappa shape index (κ1) is 17.6. The van der Waals surface area contributed by atoms with Gasteiger partial charge in [-0.2, -0.15) is 0 Å². The van der Waals surface area contributed by atoms with Crippen molar-refractivity contribution in [2.24, 2.45) is 0 Å². The van der Waals surface area contributed by atoms with Gasteiger partial charge in [0.25, 0.3) is 10.0 Å². The van der Waals surface area contributed by atoms with Gasteiger partial charge in [-0.1, -0.05) is 18.2 Å². The molecule has 3 rings (SSSR count). The number of sulfonamides is 1. The lowest BCUT2D eigenvalue weighted by Gasteiger charge is -2.31. The molecule has 0 bridgehead atoms. The number of nitrogens with one attached hydrogen (secondary N) is 1. The smallest absolute Gasteiger partial charge is 0.265 e. The Bertz CT molecular complexity index is 851. The van der Waals surface area contributed by atoms with E-state index in [-0.39, 0.29) is 10.9 Å². The highest BCUT2D eigenvalue weighted by Crippen LogP contribution is 2.39. The highest BCUT2D eigenvalue weighted by Gasteiger charge is 2.31. The van der Waals surface area contributed by atoms with Gasteiger partial charge in [0, 0.05) is 17.3 Å². The van der Waals surface area contributed by atoms with E-state index in [4.69, 9.17) is 9.47 Å². The molecule has 1 heterocycles. The topological polar surface area (TPSA) is 67.9 Å². The maximum absolute atomic E-state index is 12.8. The third-order valence-corrected chi connectivity index (χ3v) is 5.71. The van der Waals surface area contributed by atoms with Crippen molar-refractivity contribution >= 4 is 15.7 Å².